The van der Waals surface area contributed by atoms with E-state index in [1.165, 1.54) is 4.90 Å². The third-order valence-electron chi connectivity index (χ3n) is 8.21. The lowest BCUT2D eigenvalue weighted by Crippen LogP contribution is -2.43. The largest absolute Gasteiger partial charge is 0.496 e. The van der Waals surface area contributed by atoms with Crippen LogP contribution in [0.1, 0.15) is 62.5 Å². The van der Waals surface area contributed by atoms with Crippen molar-refractivity contribution in [2.24, 2.45) is 0 Å². The van der Waals surface area contributed by atoms with Crippen molar-refractivity contribution in [2.75, 3.05) is 43.9 Å². The van der Waals surface area contributed by atoms with Crippen molar-refractivity contribution < 1.29 is 23.1 Å². The summed E-state index contributed by atoms with van der Waals surface area (Å²) in [4.78, 5) is 46.6. The van der Waals surface area contributed by atoms with Gasteiger partial charge in [-0.05, 0) is 39.3 Å². The highest BCUT2D eigenvalue weighted by Crippen LogP contribution is 2.42. The van der Waals surface area contributed by atoms with Crippen LogP contribution in [0, 0.1) is 27.7 Å². The van der Waals surface area contributed by atoms with Crippen LogP contribution < -0.4 is 20.7 Å². The molecule has 0 aliphatic carbocycles. The fourth-order valence-corrected chi connectivity index (χ4v) is 6.07. The summed E-state index contributed by atoms with van der Waals surface area (Å²) >= 11 is 6.53. The van der Waals surface area contributed by atoms with Crippen LogP contribution in [0.3, 0.4) is 0 Å². The molecular weight excluding hydrogens is 594 g/mol. The second-order valence-corrected chi connectivity index (χ2v) is 11.5. The number of carbonyl (C=O) groups excluding carboxylic acids is 2. The van der Waals surface area contributed by atoms with E-state index in [4.69, 9.17) is 22.1 Å². The van der Waals surface area contributed by atoms with Crippen LogP contribution in [0.15, 0.2) is 6.20 Å². The van der Waals surface area contributed by atoms with E-state index in [2.05, 4.69) is 25.3 Å². The Balaban J connectivity index is 1.40. The highest BCUT2D eigenvalue weighted by molar-refractivity contribution is 6.41. The number of aromatic amines is 1. The topological polar surface area (TPSA) is 142 Å². The van der Waals surface area contributed by atoms with Crippen molar-refractivity contribution in [3.05, 3.63) is 56.2 Å². The maximum atomic E-state index is 13.9. The number of aromatic nitrogens is 4. The third kappa shape index (κ3) is 5.98. The first-order valence-electron chi connectivity index (χ1n) is 14.2. The Morgan fingerprint density at radius 3 is 2.59 bits per heavy atom. The van der Waals surface area contributed by atoms with E-state index >= 15 is 0 Å². The Hall–Kier alpha value is -4.10. The van der Waals surface area contributed by atoms with Crippen molar-refractivity contribution >= 4 is 46.8 Å². The van der Waals surface area contributed by atoms with Gasteiger partial charge in [0.15, 0.2) is 5.82 Å². The van der Waals surface area contributed by atoms with Crippen molar-refractivity contribution in [1.82, 2.24) is 30.2 Å². The number of likely N-dealkylation sites (tertiary alicyclic amines) is 1. The minimum atomic E-state index is -2.62. The standard InChI is InChI=1S/C30H35ClF2N8O3/c1-15-13-36-21(17(3)24(15)44-5)14-41-26-23(25(31)38-29(34)39-26)19(28(41)43)12-20-16(2)22(18(4)37-20)27(42)35-8-11-40-9-6-30(32,33)7-10-40/h12-13,37H,6-11,14H2,1-5H3,(H,35,42)(H2,34,38,39)/b19-12+. The molecule has 1 saturated heterocycles. The number of aryl methyl sites for hydroxylation is 2. The summed E-state index contributed by atoms with van der Waals surface area (Å²) in [5, 5.41) is 2.92. The summed E-state index contributed by atoms with van der Waals surface area (Å²) in [6.45, 7) is 8.77. The molecule has 0 atom stereocenters. The average molecular weight is 629 g/mol. The molecule has 0 bridgehead atoms. The van der Waals surface area contributed by atoms with Gasteiger partial charge in [0, 0.05) is 67.7 Å². The van der Waals surface area contributed by atoms with Gasteiger partial charge in [0.2, 0.25) is 5.95 Å². The zero-order valence-corrected chi connectivity index (χ0v) is 26.0. The van der Waals surface area contributed by atoms with Crippen molar-refractivity contribution in [3.63, 3.8) is 0 Å². The normalized spacial score (nSPS) is 17.3. The first-order valence-corrected chi connectivity index (χ1v) is 14.6. The highest BCUT2D eigenvalue weighted by Gasteiger charge is 2.38. The number of H-pyrrole nitrogens is 1. The van der Waals surface area contributed by atoms with Gasteiger partial charge in [0.05, 0.1) is 36.0 Å². The van der Waals surface area contributed by atoms with Gasteiger partial charge < -0.3 is 25.7 Å². The summed E-state index contributed by atoms with van der Waals surface area (Å²) in [6, 6.07) is 0. The van der Waals surface area contributed by atoms with Gasteiger partial charge >= 0.3 is 0 Å². The number of fused-ring (bicyclic) bond motifs is 1. The fraction of sp³-hybridized carbons (Fsp3) is 0.433. The first-order chi connectivity index (χ1) is 20.8. The van der Waals surface area contributed by atoms with Crippen LogP contribution in [0.4, 0.5) is 20.5 Å². The fourth-order valence-electron chi connectivity index (χ4n) is 5.80. The number of halogens is 3. The molecule has 0 saturated carbocycles. The number of nitrogens with one attached hydrogen (secondary N) is 2. The first kappa shape index (κ1) is 31.3. The van der Waals surface area contributed by atoms with Crippen LogP contribution in [0.2, 0.25) is 5.15 Å². The monoisotopic (exact) mass is 628 g/mol. The number of hydrogen-bond donors (Lipinski definition) is 3. The Morgan fingerprint density at radius 1 is 1.20 bits per heavy atom. The molecule has 0 spiro atoms. The minimum absolute atomic E-state index is 0.0233. The number of amides is 2. The van der Waals surface area contributed by atoms with Gasteiger partial charge in [0.25, 0.3) is 17.7 Å². The molecule has 0 aromatic carbocycles. The Labute approximate surface area is 258 Å². The van der Waals surface area contributed by atoms with E-state index in [-0.39, 0.29) is 53.7 Å². The molecule has 2 amide bonds. The SMILES string of the molecule is COc1c(C)cnc(CN2C(=O)/C(=C/c3[nH]c(C)c(C(=O)NCCN4CCC(F)(F)CC4)c3C)c3c(Cl)nc(N)nc32)c1C. The molecule has 44 heavy (non-hydrogen) atoms. The van der Waals surface area contributed by atoms with Gasteiger partial charge in [-0.1, -0.05) is 11.6 Å². The van der Waals surface area contributed by atoms with Crippen LogP contribution in [-0.4, -0.2) is 75.9 Å². The number of pyridine rings is 1. The number of nitrogens with zero attached hydrogens (tertiary/aromatic N) is 5. The molecule has 3 aromatic heterocycles. The number of anilines is 2. The second-order valence-electron chi connectivity index (χ2n) is 11.2. The van der Waals surface area contributed by atoms with Crippen LogP contribution in [-0.2, 0) is 11.3 Å². The number of methoxy groups -OCH3 is 1. The molecular formula is C30H35ClF2N8O3. The molecule has 2 aliphatic rings. The summed E-state index contributed by atoms with van der Waals surface area (Å²) in [6.07, 6.45) is 2.97. The number of nitrogen functional groups attached to an aromatic ring is 1. The summed E-state index contributed by atoms with van der Waals surface area (Å²) in [5.74, 6) is -2.44. The summed E-state index contributed by atoms with van der Waals surface area (Å²) in [5.41, 5.74) is 11.0. The molecule has 0 radical (unpaired) electrons. The van der Waals surface area contributed by atoms with Gasteiger partial charge in [0.1, 0.15) is 10.9 Å². The van der Waals surface area contributed by atoms with Crippen LogP contribution in [0.25, 0.3) is 11.6 Å². The number of rotatable bonds is 8. The maximum absolute atomic E-state index is 13.9. The zero-order valence-electron chi connectivity index (χ0n) is 25.3. The lowest BCUT2D eigenvalue weighted by Gasteiger charge is -2.31. The molecule has 3 aromatic rings. The lowest BCUT2D eigenvalue weighted by molar-refractivity contribution is -0.113. The number of piperidine rings is 1. The van der Waals surface area contributed by atoms with E-state index in [1.807, 2.05) is 18.7 Å². The molecule has 5 heterocycles. The molecule has 5 rings (SSSR count). The summed E-state index contributed by atoms with van der Waals surface area (Å²) < 4.78 is 32.4. The predicted octanol–water partition coefficient (Wildman–Crippen LogP) is 4.23. The molecule has 11 nitrogen and oxygen atoms in total. The smallest absolute Gasteiger partial charge is 0.260 e. The van der Waals surface area contributed by atoms with E-state index in [0.29, 0.717) is 65.7 Å². The van der Waals surface area contributed by atoms with Crippen LogP contribution in [0.5, 0.6) is 5.75 Å². The van der Waals surface area contributed by atoms with E-state index in [9.17, 15) is 18.4 Å². The second kappa shape index (κ2) is 12.1. The highest BCUT2D eigenvalue weighted by atomic mass is 35.5. The molecule has 4 N–H and O–H groups in total. The average Bonchev–Trinajstić information content (AvgIpc) is 3.38. The Kier molecular flexibility index (Phi) is 8.63. The van der Waals surface area contributed by atoms with Gasteiger partial charge in [-0.25, -0.2) is 13.8 Å². The maximum Gasteiger partial charge on any atom is 0.260 e. The molecule has 1 fully saturated rings. The van der Waals surface area contributed by atoms with Crippen LogP contribution >= 0.6 is 11.6 Å². The quantitative estimate of drug-likeness (QED) is 0.249. The van der Waals surface area contributed by atoms with Crippen molar-refractivity contribution in [1.29, 1.82) is 0 Å². The Bertz CT molecular complexity index is 1660. The molecule has 14 heteroatoms. The van der Waals surface area contributed by atoms with E-state index in [0.717, 1.165) is 11.1 Å². The Morgan fingerprint density at radius 2 is 1.91 bits per heavy atom. The number of carbonyl (C=O) groups is 2. The number of alkyl halides is 2. The van der Waals surface area contributed by atoms with E-state index < -0.39 is 5.92 Å². The molecule has 2 aliphatic heterocycles. The van der Waals surface area contributed by atoms with Gasteiger partial charge in [-0.2, -0.15) is 4.98 Å². The molecule has 234 valence electrons. The van der Waals surface area contributed by atoms with Gasteiger partial charge in [-0.15, -0.1) is 0 Å². The summed E-state index contributed by atoms with van der Waals surface area (Å²) in [7, 11) is 1.58. The zero-order chi connectivity index (χ0) is 31.9. The lowest BCUT2D eigenvalue weighted by atomic mass is 10.1. The number of hydrogen-bond acceptors (Lipinski definition) is 8. The minimum Gasteiger partial charge on any atom is -0.496 e. The van der Waals surface area contributed by atoms with Crippen molar-refractivity contribution in [3.8, 4) is 5.75 Å². The van der Waals surface area contributed by atoms with E-state index in [1.54, 1.807) is 33.2 Å². The molecule has 0 unspecified atom stereocenters. The number of ether oxygens (including phenoxy) is 1. The predicted molar refractivity (Wildman–Crippen MR) is 164 cm³/mol. The number of nitrogens with two attached hydrogens (primary N) is 1. The van der Waals surface area contributed by atoms with Gasteiger partial charge in [-0.3, -0.25) is 19.5 Å². The third-order valence-corrected chi connectivity index (χ3v) is 8.49. The van der Waals surface area contributed by atoms with Crippen molar-refractivity contribution in [2.45, 2.75) is 53.0 Å².